The molecule has 0 bridgehead atoms. The largest absolute Gasteiger partial charge is 0.496 e. The van der Waals surface area contributed by atoms with Crippen LogP contribution in [0.4, 0.5) is 5.69 Å². The number of ether oxygens (including phenoxy) is 2. The number of carbonyl (C=O) groups is 1. The molecule has 2 aliphatic rings. The van der Waals surface area contributed by atoms with Crippen molar-refractivity contribution < 1.29 is 19.4 Å². The van der Waals surface area contributed by atoms with Crippen molar-refractivity contribution in [2.24, 2.45) is 5.92 Å². The minimum atomic E-state index is -0.749. The van der Waals surface area contributed by atoms with Crippen molar-refractivity contribution in [2.75, 3.05) is 38.8 Å². The van der Waals surface area contributed by atoms with E-state index in [0.717, 1.165) is 35.8 Å². The van der Waals surface area contributed by atoms with E-state index in [-0.39, 0.29) is 12.0 Å². The van der Waals surface area contributed by atoms with Crippen LogP contribution in [0.2, 0.25) is 0 Å². The summed E-state index contributed by atoms with van der Waals surface area (Å²) in [5.41, 5.74) is 2.03. The van der Waals surface area contributed by atoms with Crippen molar-refractivity contribution in [1.82, 2.24) is 5.32 Å². The first-order chi connectivity index (χ1) is 11.6. The third kappa shape index (κ3) is 3.29. The van der Waals surface area contributed by atoms with E-state index in [1.165, 1.54) is 19.3 Å². The molecular weight excluding hydrogens is 308 g/mol. The monoisotopic (exact) mass is 334 g/mol. The second-order valence-corrected chi connectivity index (χ2v) is 6.55. The summed E-state index contributed by atoms with van der Waals surface area (Å²) >= 11 is 0. The number of aliphatic carboxylic acids is 1. The van der Waals surface area contributed by atoms with E-state index < -0.39 is 5.97 Å². The van der Waals surface area contributed by atoms with Gasteiger partial charge in [-0.1, -0.05) is 0 Å². The Kier molecular flexibility index (Phi) is 5.14. The van der Waals surface area contributed by atoms with Crippen LogP contribution in [0.15, 0.2) is 12.1 Å². The SMILES string of the molecule is COc1cc(N2CCCCC2)c(OC)cc1C1CC(C(=O)O)CN1. The molecular formula is C18H26N2O4. The molecule has 0 aliphatic carbocycles. The van der Waals surface area contributed by atoms with E-state index in [1.807, 2.05) is 12.1 Å². The molecule has 2 aliphatic heterocycles. The number of piperidine rings is 1. The van der Waals surface area contributed by atoms with Crippen LogP contribution in [-0.4, -0.2) is 44.9 Å². The Balaban J connectivity index is 1.91. The highest BCUT2D eigenvalue weighted by atomic mass is 16.5. The number of rotatable bonds is 5. The number of carboxylic acids is 1. The zero-order valence-corrected chi connectivity index (χ0v) is 14.4. The van der Waals surface area contributed by atoms with E-state index in [0.29, 0.717) is 13.0 Å². The molecule has 132 valence electrons. The predicted octanol–water partition coefficient (Wildman–Crippen LogP) is 2.43. The Labute approximate surface area is 142 Å². The van der Waals surface area contributed by atoms with Crippen molar-refractivity contribution in [3.05, 3.63) is 17.7 Å². The topological polar surface area (TPSA) is 71.0 Å². The molecule has 2 atom stereocenters. The van der Waals surface area contributed by atoms with Gasteiger partial charge in [0.05, 0.1) is 25.8 Å². The number of methoxy groups -OCH3 is 2. The normalized spacial score (nSPS) is 24.0. The van der Waals surface area contributed by atoms with Crippen molar-refractivity contribution >= 4 is 11.7 Å². The first-order valence-corrected chi connectivity index (χ1v) is 8.61. The van der Waals surface area contributed by atoms with Gasteiger partial charge in [-0.2, -0.15) is 0 Å². The first kappa shape index (κ1) is 16.9. The molecule has 24 heavy (non-hydrogen) atoms. The van der Waals surface area contributed by atoms with E-state index in [9.17, 15) is 9.90 Å². The minimum Gasteiger partial charge on any atom is -0.496 e. The van der Waals surface area contributed by atoms with Gasteiger partial charge in [0.2, 0.25) is 0 Å². The van der Waals surface area contributed by atoms with Crippen LogP contribution in [0.3, 0.4) is 0 Å². The maximum absolute atomic E-state index is 11.2. The van der Waals surface area contributed by atoms with Crippen LogP contribution in [0.1, 0.15) is 37.3 Å². The number of nitrogens with zero attached hydrogens (tertiary/aromatic N) is 1. The lowest BCUT2D eigenvalue weighted by Gasteiger charge is -2.31. The molecule has 0 saturated carbocycles. The summed E-state index contributed by atoms with van der Waals surface area (Å²) in [6.45, 7) is 2.54. The first-order valence-electron chi connectivity index (χ1n) is 8.61. The van der Waals surface area contributed by atoms with Crippen LogP contribution in [0.25, 0.3) is 0 Å². The van der Waals surface area contributed by atoms with Crippen LogP contribution < -0.4 is 19.7 Å². The fourth-order valence-electron chi connectivity index (χ4n) is 3.72. The molecule has 2 N–H and O–H groups in total. The lowest BCUT2D eigenvalue weighted by atomic mass is 9.98. The van der Waals surface area contributed by atoms with Gasteiger partial charge in [-0.25, -0.2) is 0 Å². The molecule has 6 nitrogen and oxygen atoms in total. The van der Waals surface area contributed by atoms with Crippen LogP contribution in [0.5, 0.6) is 11.5 Å². The Morgan fingerprint density at radius 1 is 1.17 bits per heavy atom. The third-order valence-corrected chi connectivity index (χ3v) is 5.08. The van der Waals surface area contributed by atoms with Crippen LogP contribution >= 0.6 is 0 Å². The molecule has 0 aromatic heterocycles. The van der Waals surface area contributed by atoms with Crippen LogP contribution in [0, 0.1) is 5.92 Å². The van der Waals surface area contributed by atoms with Gasteiger partial charge in [-0.15, -0.1) is 0 Å². The van der Waals surface area contributed by atoms with Crippen molar-refractivity contribution in [1.29, 1.82) is 0 Å². The molecule has 2 heterocycles. The maximum Gasteiger partial charge on any atom is 0.307 e. The van der Waals surface area contributed by atoms with E-state index in [1.54, 1.807) is 14.2 Å². The summed E-state index contributed by atoms with van der Waals surface area (Å²) in [7, 11) is 3.34. The van der Waals surface area contributed by atoms with Gasteiger partial charge in [0.1, 0.15) is 11.5 Å². The molecule has 2 unspecified atom stereocenters. The van der Waals surface area contributed by atoms with Crippen LogP contribution in [-0.2, 0) is 4.79 Å². The van der Waals surface area contributed by atoms with E-state index in [4.69, 9.17) is 9.47 Å². The molecule has 6 heteroatoms. The second-order valence-electron chi connectivity index (χ2n) is 6.55. The fraction of sp³-hybridized carbons (Fsp3) is 0.611. The lowest BCUT2D eigenvalue weighted by molar-refractivity contribution is -0.141. The molecule has 0 radical (unpaired) electrons. The van der Waals surface area contributed by atoms with Crippen molar-refractivity contribution in [3.63, 3.8) is 0 Å². The summed E-state index contributed by atoms with van der Waals surface area (Å²) in [6, 6.07) is 4.02. The summed E-state index contributed by atoms with van der Waals surface area (Å²) in [5.74, 6) is 0.515. The Bertz CT molecular complexity index is 599. The molecule has 0 amide bonds. The number of anilines is 1. The average Bonchev–Trinajstić information content (AvgIpc) is 3.11. The van der Waals surface area contributed by atoms with Crippen molar-refractivity contribution in [2.45, 2.75) is 31.7 Å². The third-order valence-electron chi connectivity index (χ3n) is 5.08. The predicted molar refractivity (Wildman–Crippen MR) is 92.1 cm³/mol. The summed E-state index contributed by atoms with van der Waals surface area (Å²) in [6.07, 6.45) is 4.23. The average molecular weight is 334 g/mol. The molecule has 1 aromatic rings. The van der Waals surface area contributed by atoms with Gasteiger partial charge >= 0.3 is 5.97 Å². The highest BCUT2D eigenvalue weighted by Gasteiger charge is 2.32. The molecule has 0 spiro atoms. The molecule has 3 rings (SSSR count). The molecule has 2 saturated heterocycles. The number of hydrogen-bond acceptors (Lipinski definition) is 5. The summed E-state index contributed by atoms with van der Waals surface area (Å²) in [5, 5.41) is 12.5. The highest BCUT2D eigenvalue weighted by molar-refractivity contribution is 5.71. The second kappa shape index (κ2) is 7.30. The minimum absolute atomic E-state index is 0.0228. The standard InChI is InChI=1S/C18H26N2O4/c1-23-16-10-15(20-6-4-3-5-7-20)17(24-2)9-13(16)14-8-12(11-19-14)18(21)22/h9-10,12,14,19H,3-8,11H2,1-2H3,(H,21,22). The van der Waals surface area contributed by atoms with Gasteiger partial charge < -0.3 is 24.8 Å². The number of nitrogens with one attached hydrogen (secondary N) is 1. The quantitative estimate of drug-likeness (QED) is 0.862. The zero-order chi connectivity index (χ0) is 17.1. The Hall–Kier alpha value is -1.95. The van der Waals surface area contributed by atoms with E-state index in [2.05, 4.69) is 10.2 Å². The lowest BCUT2D eigenvalue weighted by Crippen LogP contribution is -2.29. The Morgan fingerprint density at radius 3 is 2.46 bits per heavy atom. The summed E-state index contributed by atoms with van der Waals surface area (Å²) < 4.78 is 11.2. The van der Waals surface area contributed by atoms with E-state index >= 15 is 0 Å². The smallest absolute Gasteiger partial charge is 0.307 e. The van der Waals surface area contributed by atoms with Gasteiger partial charge in [0.25, 0.3) is 0 Å². The van der Waals surface area contributed by atoms with Gasteiger partial charge in [-0.3, -0.25) is 4.79 Å². The number of benzene rings is 1. The number of hydrogen-bond donors (Lipinski definition) is 2. The fourth-order valence-corrected chi connectivity index (χ4v) is 3.72. The maximum atomic E-state index is 11.2. The summed E-state index contributed by atoms with van der Waals surface area (Å²) in [4.78, 5) is 13.6. The molecule has 1 aromatic carbocycles. The zero-order valence-electron chi connectivity index (χ0n) is 14.4. The van der Waals surface area contributed by atoms with Gasteiger partial charge in [0, 0.05) is 37.3 Å². The van der Waals surface area contributed by atoms with Gasteiger partial charge in [-0.05, 0) is 31.7 Å². The van der Waals surface area contributed by atoms with Gasteiger partial charge in [0.15, 0.2) is 0 Å². The number of carboxylic acid groups (broad SMARTS) is 1. The molecule has 2 fully saturated rings. The highest BCUT2D eigenvalue weighted by Crippen LogP contribution is 2.41. The Morgan fingerprint density at radius 2 is 1.88 bits per heavy atom. The van der Waals surface area contributed by atoms with Crippen molar-refractivity contribution in [3.8, 4) is 11.5 Å².